The molecule has 5 heteroatoms. The highest BCUT2D eigenvalue weighted by Crippen LogP contribution is 2.22. The first-order valence-corrected chi connectivity index (χ1v) is 8.15. The Bertz CT molecular complexity index is 465. The van der Waals surface area contributed by atoms with Gasteiger partial charge in [-0.15, -0.1) is 0 Å². The highest BCUT2D eigenvalue weighted by Gasteiger charge is 2.30. The van der Waals surface area contributed by atoms with Crippen molar-refractivity contribution in [3.8, 4) is 0 Å². The fourth-order valence-corrected chi connectivity index (χ4v) is 3.29. The number of fused-ring (bicyclic) bond motifs is 1. The molecule has 0 saturated carbocycles. The van der Waals surface area contributed by atoms with Crippen LogP contribution in [0.5, 0.6) is 0 Å². The molecule has 0 bridgehead atoms. The molecule has 2 aliphatic heterocycles. The van der Waals surface area contributed by atoms with Crippen molar-refractivity contribution in [3.63, 3.8) is 0 Å². The van der Waals surface area contributed by atoms with Crippen molar-refractivity contribution in [2.24, 2.45) is 0 Å². The van der Waals surface area contributed by atoms with Crippen molar-refractivity contribution in [2.75, 3.05) is 26.2 Å². The van der Waals surface area contributed by atoms with Gasteiger partial charge in [-0.25, -0.2) is 0 Å². The van der Waals surface area contributed by atoms with E-state index in [1.54, 1.807) is 0 Å². The van der Waals surface area contributed by atoms with Gasteiger partial charge in [0.05, 0.1) is 12.2 Å². The zero-order chi connectivity index (χ0) is 14.9. The predicted octanol–water partition coefficient (Wildman–Crippen LogP) is 1.84. The molecular weight excluding hydrogens is 264 g/mol. The Morgan fingerprint density at radius 1 is 1.33 bits per heavy atom. The molecular formula is C16H28N4O. The summed E-state index contributed by atoms with van der Waals surface area (Å²) in [5.41, 5.74) is 1.11. The molecule has 1 N–H and O–H groups in total. The largest absolute Gasteiger partial charge is 0.360 e. The number of nitrogens with zero attached hydrogens (tertiary/aromatic N) is 3. The van der Waals surface area contributed by atoms with Crippen LogP contribution in [0.4, 0.5) is 0 Å². The van der Waals surface area contributed by atoms with Crippen LogP contribution in [-0.4, -0.2) is 52.7 Å². The maximum absolute atomic E-state index is 5.50. The monoisotopic (exact) mass is 292 g/mol. The fourth-order valence-electron chi connectivity index (χ4n) is 3.29. The van der Waals surface area contributed by atoms with Gasteiger partial charge in [-0.1, -0.05) is 5.16 Å². The number of hydrogen-bond donors (Lipinski definition) is 1. The molecule has 1 unspecified atom stereocenters. The standard InChI is InChI=1S/C16H28N4O/c1-16(2,3)17-10-13-9-15(21-18-13)12-19-7-8-20-6-4-5-14(20)11-19/h9,14,17H,4-8,10-12H2,1-3H3. The zero-order valence-corrected chi connectivity index (χ0v) is 13.6. The molecule has 2 aliphatic rings. The van der Waals surface area contributed by atoms with Gasteiger partial charge >= 0.3 is 0 Å². The lowest BCUT2D eigenvalue weighted by Gasteiger charge is -2.36. The summed E-state index contributed by atoms with van der Waals surface area (Å²) in [6, 6.07) is 2.86. The lowest BCUT2D eigenvalue weighted by Crippen LogP contribution is -2.49. The lowest BCUT2D eigenvalue weighted by molar-refractivity contribution is 0.0922. The molecule has 118 valence electrons. The van der Waals surface area contributed by atoms with Crippen molar-refractivity contribution in [3.05, 3.63) is 17.5 Å². The molecule has 3 heterocycles. The van der Waals surface area contributed by atoms with Crippen LogP contribution in [0.3, 0.4) is 0 Å². The molecule has 0 aliphatic carbocycles. The third kappa shape index (κ3) is 4.05. The van der Waals surface area contributed by atoms with Gasteiger partial charge in [-0.2, -0.15) is 0 Å². The van der Waals surface area contributed by atoms with Crippen LogP contribution in [-0.2, 0) is 13.1 Å². The normalized spacial score (nSPS) is 24.4. The van der Waals surface area contributed by atoms with Crippen LogP contribution in [0.1, 0.15) is 45.1 Å². The van der Waals surface area contributed by atoms with Gasteiger partial charge in [0.15, 0.2) is 5.76 Å². The van der Waals surface area contributed by atoms with E-state index in [1.807, 2.05) is 0 Å². The van der Waals surface area contributed by atoms with E-state index in [-0.39, 0.29) is 5.54 Å². The van der Waals surface area contributed by atoms with Crippen molar-refractivity contribution < 1.29 is 4.52 Å². The molecule has 0 radical (unpaired) electrons. The van der Waals surface area contributed by atoms with Crippen LogP contribution in [0.15, 0.2) is 10.6 Å². The quantitative estimate of drug-likeness (QED) is 0.917. The molecule has 3 rings (SSSR count). The van der Waals surface area contributed by atoms with Crippen LogP contribution in [0, 0.1) is 0 Å². The molecule has 2 saturated heterocycles. The summed E-state index contributed by atoms with van der Waals surface area (Å²) in [6.07, 6.45) is 2.72. The number of aromatic nitrogens is 1. The maximum Gasteiger partial charge on any atom is 0.151 e. The molecule has 1 aromatic heterocycles. The third-order valence-electron chi connectivity index (χ3n) is 4.46. The van der Waals surface area contributed by atoms with Gasteiger partial charge in [-0.05, 0) is 40.2 Å². The van der Waals surface area contributed by atoms with Gasteiger partial charge in [-0.3, -0.25) is 9.80 Å². The van der Waals surface area contributed by atoms with Gasteiger partial charge in [0.2, 0.25) is 0 Å². The third-order valence-corrected chi connectivity index (χ3v) is 4.46. The molecule has 1 atom stereocenters. The van der Waals surface area contributed by atoms with E-state index in [0.29, 0.717) is 0 Å². The molecule has 2 fully saturated rings. The molecule has 1 aromatic rings. The van der Waals surface area contributed by atoms with E-state index in [4.69, 9.17) is 4.52 Å². The number of nitrogens with one attached hydrogen (secondary N) is 1. The lowest BCUT2D eigenvalue weighted by atomic mass is 10.1. The Labute approximate surface area is 127 Å². The topological polar surface area (TPSA) is 44.5 Å². The van der Waals surface area contributed by atoms with Gasteiger partial charge in [0.25, 0.3) is 0 Å². The summed E-state index contributed by atoms with van der Waals surface area (Å²) in [5, 5.41) is 7.62. The predicted molar refractivity (Wildman–Crippen MR) is 83.0 cm³/mol. The zero-order valence-electron chi connectivity index (χ0n) is 13.6. The first-order chi connectivity index (χ1) is 9.99. The van der Waals surface area contributed by atoms with Crippen molar-refractivity contribution in [2.45, 2.75) is 58.3 Å². The van der Waals surface area contributed by atoms with Gasteiger partial charge < -0.3 is 9.84 Å². The Balaban J connectivity index is 1.50. The summed E-state index contributed by atoms with van der Waals surface area (Å²) in [7, 11) is 0. The number of rotatable bonds is 4. The SMILES string of the molecule is CC(C)(C)NCc1cc(CN2CCN3CCCC3C2)on1. The average Bonchev–Trinajstić information content (AvgIpc) is 3.04. The molecule has 0 amide bonds. The van der Waals surface area contributed by atoms with Crippen LogP contribution in [0.25, 0.3) is 0 Å². The van der Waals surface area contributed by atoms with Crippen molar-refractivity contribution in [1.29, 1.82) is 0 Å². The van der Waals surface area contributed by atoms with Gasteiger partial charge in [0.1, 0.15) is 0 Å². The highest BCUT2D eigenvalue weighted by molar-refractivity contribution is 5.06. The van der Waals surface area contributed by atoms with E-state index >= 15 is 0 Å². The molecule has 21 heavy (non-hydrogen) atoms. The first-order valence-electron chi connectivity index (χ1n) is 8.15. The van der Waals surface area contributed by atoms with Crippen molar-refractivity contribution in [1.82, 2.24) is 20.3 Å². The summed E-state index contributed by atoms with van der Waals surface area (Å²) < 4.78 is 5.50. The van der Waals surface area contributed by atoms with Gasteiger partial charge in [0, 0.05) is 43.8 Å². The van der Waals surface area contributed by atoms with E-state index in [2.05, 4.69) is 47.1 Å². The smallest absolute Gasteiger partial charge is 0.151 e. The maximum atomic E-state index is 5.50. The summed E-state index contributed by atoms with van der Waals surface area (Å²) in [5.74, 6) is 0.993. The minimum absolute atomic E-state index is 0.109. The summed E-state index contributed by atoms with van der Waals surface area (Å²) in [4.78, 5) is 5.14. The molecule has 0 aromatic carbocycles. The second kappa shape index (κ2) is 6.07. The second-order valence-electron chi connectivity index (χ2n) is 7.46. The van der Waals surface area contributed by atoms with E-state index < -0.39 is 0 Å². The van der Waals surface area contributed by atoms with Crippen LogP contribution < -0.4 is 5.32 Å². The Morgan fingerprint density at radius 2 is 2.19 bits per heavy atom. The Hall–Kier alpha value is -0.910. The summed E-state index contributed by atoms with van der Waals surface area (Å²) in [6.45, 7) is 13.0. The second-order valence-corrected chi connectivity index (χ2v) is 7.46. The van der Waals surface area contributed by atoms with Crippen LogP contribution >= 0.6 is 0 Å². The average molecular weight is 292 g/mol. The Kier molecular flexibility index (Phi) is 4.33. The van der Waals surface area contributed by atoms with Crippen molar-refractivity contribution >= 4 is 0 Å². The molecule has 5 nitrogen and oxygen atoms in total. The molecule has 0 spiro atoms. The minimum atomic E-state index is 0.109. The fraction of sp³-hybridized carbons (Fsp3) is 0.812. The highest BCUT2D eigenvalue weighted by atomic mass is 16.5. The number of hydrogen-bond acceptors (Lipinski definition) is 5. The van der Waals surface area contributed by atoms with E-state index in [9.17, 15) is 0 Å². The van der Waals surface area contributed by atoms with E-state index in [0.717, 1.165) is 37.1 Å². The van der Waals surface area contributed by atoms with E-state index in [1.165, 1.54) is 32.5 Å². The number of piperazine rings is 1. The Morgan fingerprint density at radius 3 is 3.00 bits per heavy atom. The van der Waals surface area contributed by atoms with Crippen LogP contribution in [0.2, 0.25) is 0 Å². The minimum Gasteiger partial charge on any atom is -0.360 e. The first kappa shape index (κ1) is 15.0. The summed E-state index contributed by atoms with van der Waals surface area (Å²) >= 11 is 0.